The van der Waals surface area contributed by atoms with Crippen LogP contribution in [0.2, 0.25) is 0 Å². The molecule has 1 amide bonds. The third-order valence-corrected chi connectivity index (χ3v) is 3.22. The number of rotatable bonds is 4. The molecule has 0 bridgehead atoms. The molecule has 0 saturated heterocycles. The third kappa shape index (κ3) is 3.44. The van der Waals surface area contributed by atoms with Gasteiger partial charge >= 0.3 is 5.97 Å². The molecule has 1 aromatic carbocycles. The number of hydrogen-bond acceptors (Lipinski definition) is 3. The van der Waals surface area contributed by atoms with Crippen LogP contribution in [0.1, 0.15) is 29.6 Å². The van der Waals surface area contributed by atoms with Crippen LogP contribution in [0.4, 0.5) is 10.1 Å². The third-order valence-electron chi connectivity index (χ3n) is 3.22. The van der Waals surface area contributed by atoms with Crippen molar-refractivity contribution < 1.29 is 18.7 Å². The van der Waals surface area contributed by atoms with E-state index >= 15 is 0 Å². The van der Waals surface area contributed by atoms with Gasteiger partial charge in [0.15, 0.2) is 0 Å². The Morgan fingerprint density at radius 3 is 2.90 bits per heavy atom. The highest BCUT2D eigenvalue weighted by Gasteiger charge is 2.16. The number of carbonyl (C=O) groups excluding carboxylic acids is 2. The summed E-state index contributed by atoms with van der Waals surface area (Å²) in [6.45, 7) is 0. The zero-order valence-electron chi connectivity index (χ0n) is 11.2. The molecular weight excluding hydrogens is 261 g/mol. The quantitative estimate of drug-likeness (QED) is 0.680. The van der Waals surface area contributed by atoms with Crippen LogP contribution in [0.25, 0.3) is 0 Å². The van der Waals surface area contributed by atoms with Crippen molar-refractivity contribution in [3.05, 3.63) is 41.7 Å². The maximum Gasteiger partial charge on any atom is 0.340 e. The number of ether oxygens (including phenoxy) is 1. The second-order valence-electron chi connectivity index (χ2n) is 4.70. The largest absolute Gasteiger partial charge is 0.465 e. The molecule has 20 heavy (non-hydrogen) atoms. The highest BCUT2D eigenvalue weighted by Crippen LogP contribution is 2.21. The Labute approximate surface area is 116 Å². The summed E-state index contributed by atoms with van der Waals surface area (Å²) in [5, 5.41) is 2.67. The molecule has 0 spiro atoms. The SMILES string of the molecule is COC(=O)c1cc(NC(=O)C[C@H]2C=CCC2)ccc1F. The van der Waals surface area contributed by atoms with E-state index in [0.29, 0.717) is 12.1 Å². The number of anilines is 1. The highest BCUT2D eigenvalue weighted by atomic mass is 19.1. The Balaban J connectivity index is 2.03. The van der Waals surface area contributed by atoms with Crippen LogP contribution in [0.5, 0.6) is 0 Å². The van der Waals surface area contributed by atoms with Crippen molar-refractivity contribution in [2.24, 2.45) is 5.92 Å². The van der Waals surface area contributed by atoms with Crippen LogP contribution in [0.15, 0.2) is 30.4 Å². The first kappa shape index (κ1) is 14.2. The molecule has 1 aliphatic rings. The van der Waals surface area contributed by atoms with Gasteiger partial charge in [-0.1, -0.05) is 12.2 Å². The van der Waals surface area contributed by atoms with Crippen molar-refractivity contribution in [1.82, 2.24) is 0 Å². The fraction of sp³-hybridized carbons (Fsp3) is 0.333. The maximum atomic E-state index is 13.4. The first-order valence-corrected chi connectivity index (χ1v) is 6.44. The lowest BCUT2D eigenvalue weighted by molar-refractivity contribution is -0.116. The van der Waals surface area contributed by atoms with E-state index in [1.165, 1.54) is 19.2 Å². The van der Waals surface area contributed by atoms with Gasteiger partial charge in [0, 0.05) is 12.1 Å². The highest BCUT2D eigenvalue weighted by molar-refractivity contribution is 5.94. The first-order chi connectivity index (χ1) is 9.60. The first-order valence-electron chi connectivity index (χ1n) is 6.44. The van der Waals surface area contributed by atoms with Crippen LogP contribution in [0.3, 0.4) is 0 Å². The zero-order chi connectivity index (χ0) is 14.5. The normalized spacial score (nSPS) is 17.0. The molecule has 5 heteroatoms. The molecule has 106 valence electrons. The van der Waals surface area contributed by atoms with Gasteiger partial charge in [0.1, 0.15) is 5.82 Å². The van der Waals surface area contributed by atoms with E-state index in [1.54, 1.807) is 0 Å². The lowest BCUT2D eigenvalue weighted by atomic mass is 10.0. The molecule has 0 saturated carbocycles. The van der Waals surface area contributed by atoms with Crippen LogP contribution in [-0.4, -0.2) is 19.0 Å². The van der Waals surface area contributed by atoms with Crippen molar-refractivity contribution in [3.63, 3.8) is 0 Å². The molecule has 1 N–H and O–H groups in total. The van der Waals surface area contributed by atoms with Crippen LogP contribution in [0, 0.1) is 11.7 Å². The molecule has 0 aliphatic heterocycles. The van der Waals surface area contributed by atoms with Crippen molar-refractivity contribution in [3.8, 4) is 0 Å². The second-order valence-corrected chi connectivity index (χ2v) is 4.70. The van der Waals surface area contributed by atoms with Crippen molar-refractivity contribution in [2.45, 2.75) is 19.3 Å². The summed E-state index contributed by atoms with van der Waals surface area (Å²) < 4.78 is 17.9. The van der Waals surface area contributed by atoms with Crippen LogP contribution >= 0.6 is 0 Å². The predicted molar refractivity (Wildman–Crippen MR) is 72.9 cm³/mol. The number of benzene rings is 1. The van der Waals surface area contributed by atoms with E-state index in [-0.39, 0.29) is 17.4 Å². The average molecular weight is 277 g/mol. The Morgan fingerprint density at radius 1 is 1.45 bits per heavy atom. The maximum absolute atomic E-state index is 13.4. The number of nitrogens with one attached hydrogen (secondary N) is 1. The van der Waals surface area contributed by atoms with Gasteiger partial charge in [-0.25, -0.2) is 9.18 Å². The summed E-state index contributed by atoms with van der Waals surface area (Å²) >= 11 is 0. The van der Waals surface area contributed by atoms with E-state index in [4.69, 9.17) is 0 Å². The summed E-state index contributed by atoms with van der Waals surface area (Å²) in [5.41, 5.74) is 0.199. The van der Waals surface area contributed by atoms with Gasteiger partial charge in [-0.05, 0) is 37.0 Å². The number of methoxy groups -OCH3 is 1. The number of esters is 1. The topological polar surface area (TPSA) is 55.4 Å². The van der Waals surface area contributed by atoms with Crippen LogP contribution < -0.4 is 5.32 Å². The molecule has 0 unspecified atom stereocenters. The summed E-state index contributed by atoms with van der Waals surface area (Å²) in [7, 11) is 1.18. The van der Waals surface area contributed by atoms with Gasteiger partial charge in [-0.3, -0.25) is 4.79 Å². The van der Waals surface area contributed by atoms with E-state index in [0.717, 1.165) is 18.9 Å². The monoisotopic (exact) mass is 277 g/mol. The number of halogens is 1. The van der Waals surface area contributed by atoms with E-state index in [1.807, 2.05) is 6.08 Å². The van der Waals surface area contributed by atoms with Gasteiger partial charge in [-0.2, -0.15) is 0 Å². The van der Waals surface area contributed by atoms with Gasteiger partial charge in [0.2, 0.25) is 5.91 Å². The Bertz CT molecular complexity index is 554. The molecule has 1 aliphatic carbocycles. The molecule has 0 radical (unpaired) electrons. The van der Waals surface area contributed by atoms with Crippen molar-refractivity contribution in [1.29, 1.82) is 0 Å². The van der Waals surface area contributed by atoms with E-state index < -0.39 is 11.8 Å². The predicted octanol–water partition coefficient (Wildman–Crippen LogP) is 2.91. The molecule has 2 rings (SSSR count). The van der Waals surface area contributed by atoms with Crippen molar-refractivity contribution >= 4 is 17.6 Å². The molecular formula is C15H16FNO3. The number of allylic oxidation sites excluding steroid dienone is 2. The number of carbonyl (C=O) groups is 2. The second kappa shape index (κ2) is 6.32. The Kier molecular flexibility index (Phi) is 4.50. The van der Waals surface area contributed by atoms with Gasteiger partial charge in [0.05, 0.1) is 12.7 Å². The Hall–Kier alpha value is -2.17. The van der Waals surface area contributed by atoms with Crippen LogP contribution in [-0.2, 0) is 9.53 Å². The van der Waals surface area contributed by atoms with E-state index in [2.05, 4.69) is 16.1 Å². The van der Waals surface area contributed by atoms with Crippen molar-refractivity contribution in [2.75, 3.05) is 12.4 Å². The molecule has 0 aromatic heterocycles. The Morgan fingerprint density at radius 2 is 2.25 bits per heavy atom. The standard InChI is InChI=1S/C15H16FNO3/c1-20-15(19)12-9-11(6-7-13(12)16)17-14(18)8-10-4-2-3-5-10/h2,4,6-7,9-10H,3,5,8H2,1H3,(H,17,18)/t10-/m0/s1. The molecule has 0 heterocycles. The summed E-state index contributed by atoms with van der Waals surface area (Å²) in [5.74, 6) is -1.33. The lowest BCUT2D eigenvalue weighted by Crippen LogP contribution is -2.15. The van der Waals surface area contributed by atoms with Gasteiger partial charge in [0.25, 0.3) is 0 Å². The summed E-state index contributed by atoms with van der Waals surface area (Å²) in [6, 6.07) is 3.84. The molecule has 4 nitrogen and oxygen atoms in total. The average Bonchev–Trinajstić information content (AvgIpc) is 2.92. The minimum atomic E-state index is -0.766. The minimum Gasteiger partial charge on any atom is -0.465 e. The molecule has 1 atom stereocenters. The fourth-order valence-electron chi connectivity index (χ4n) is 2.18. The van der Waals surface area contributed by atoms with E-state index in [9.17, 15) is 14.0 Å². The number of hydrogen-bond donors (Lipinski definition) is 1. The lowest BCUT2D eigenvalue weighted by Gasteiger charge is -2.10. The zero-order valence-corrected chi connectivity index (χ0v) is 11.2. The summed E-state index contributed by atoms with van der Waals surface area (Å²) in [6.07, 6.45) is 6.46. The smallest absolute Gasteiger partial charge is 0.340 e. The molecule has 1 aromatic rings. The minimum absolute atomic E-state index is 0.149. The summed E-state index contributed by atoms with van der Waals surface area (Å²) in [4.78, 5) is 23.2. The van der Waals surface area contributed by atoms with Gasteiger partial charge in [-0.15, -0.1) is 0 Å². The fourth-order valence-corrected chi connectivity index (χ4v) is 2.18. The molecule has 0 fully saturated rings. The number of amides is 1. The van der Waals surface area contributed by atoms with Gasteiger partial charge < -0.3 is 10.1 Å².